The Morgan fingerprint density at radius 3 is 2.72 bits per heavy atom. The number of hydrogen-bond donors (Lipinski definition) is 1. The minimum absolute atomic E-state index is 0.0350. The van der Waals surface area contributed by atoms with Crippen LogP contribution in [0.15, 0.2) is 42.5 Å². The first-order valence-corrected chi connectivity index (χ1v) is 8.92. The minimum atomic E-state index is -0.367. The summed E-state index contributed by atoms with van der Waals surface area (Å²) in [5.74, 6) is 0.0350. The van der Waals surface area contributed by atoms with Gasteiger partial charge < -0.3 is 15.1 Å². The molecule has 0 aliphatic carbocycles. The Morgan fingerprint density at radius 2 is 1.92 bits per heavy atom. The lowest BCUT2D eigenvalue weighted by molar-refractivity contribution is -0.138. The highest BCUT2D eigenvalue weighted by atomic mass is 16.2. The normalized spacial score (nSPS) is 17.8. The molecule has 1 saturated heterocycles. The molecule has 0 aromatic heterocycles. The van der Waals surface area contributed by atoms with Gasteiger partial charge >= 0.3 is 6.03 Å². The molecule has 1 aliphatic rings. The van der Waals surface area contributed by atoms with Crippen molar-refractivity contribution in [1.82, 2.24) is 9.80 Å². The van der Waals surface area contributed by atoms with Crippen LogP contribution < -0.4 is 5.32 Å². The van der Waals surface area contributed by atoms with Gasteiger partial charge in [-0.2, -0.15) is 0 Å². The standard InChI is InChI=1S/C20H25N3O2/c1-3-4-12-18-19(24)22(2)13-14-23(18)20(25)21-17-11-7-9-15-8-5-6-10-16(15)17/h5-11,18H,3-4,12-14H2,1-2H3,(H,21,25)/t18-/m1/s1. The van der Waals surface area contributed by atoms with Gasteiger partial charge in [0, 0.05) is 25.5 Å². The van der Waals surface area contributed by atoms with Gasteiger partial charge in [-0.25, -0.2) is 4.79 Å². The molecule has 5 nitrogen and oxygen atoms in total. The Balaban J connectivity index is 1.82. The summed E-state index contributed by atoms with van der Waals surface area (Å²) in [5.41, 5.74) is 0.781. The van der Waals surface area contributed by atoms with Gasteiger partial charge in [0.1, 0.15) is 6.04 Å². The number of amides is 3. The smallest absolute Gasteiger partial charge is 0.322 e. The SMILES string of the molecule is CCCC[C@@H]1C(=O)N(C)CCN1C(=O)Nc1cccc2ccccc12. The Hall–Kier alpha value is -2.56. The van der Waals surface area contributed by atoms with Gasteiger partial charge in [0.15, 0.2) is 0 Å². The van der Waals surface area contributed by atoms with Gasteiger partial charge in [-0.3, -0.25) is 4.79 Å². The molecule has 1 atom stereocenters. The number of piperazine rings is 1. The average molecular weight is 339 g/mol. The number of carbonyl (C=O) groups excluding carboxylic acids is 2. The molecule has 2 aromatic carbocycles. The second-order valence-corrected chi connectivity index (χ2v) is 6.57. The molecule has 1 aliphatic heterocycles. The Kier molecular flexibility index (Phi) is 5.22. The maximum Gasteiger partial charge on any atom is 0.322 e. The summed E-state index contributed by atoms with van der Waals surface area (Å²) in [4.78, 5) is 28.8. The highest BCUT2D eigenvalue weighted by Crippen LogP contribution is 2.24. The largest absolute Gasteiger partial charge is 0.342 e. The van der Waals surface area contributed by atoms with Crippen LogP contribution >= 0.6 is 0 Å². The van der Waals surface area contributed by atoms with E-state index in [-0.39, 0.29) is 18.0 Å². The quantitative estimate of drug-likeness (QED) is 0.923. The second kappa shape index (κ2) is 7.55. The number of fused-ring (bicyclic) bond motifs is 1. The van der Waals surface area contributed by atoms with Crippen LogP contribution in [-0.4, -0.2) is 47.9 Å². The molecular formula is C20H25N3O2. The van der Waals surface area contributed by atoms with Crippen molar-refractivity contribution >= 4 is 28.4 Å². The zero-order chi connectivity index (χ0) is 17.8. The van der Waals surface area contributed by atoms with Gasteiger partial charge in [-0.1, -0.05) is 56.2 Å². The number of nitrogens with zero attached hydrogens (tertiary/aromatic N) is 2. The van der Waals surface area contributed by atoms with E-state index in [0.29, 0.717) is 19.5 Å². The van der Waals surface area contributed by atoms with Crippen LogP contribution in [0.25, 0.3) is 10.8 Å². The number of urea groups is 1. The van der Waals surface area contributed by atoms with E-state index in [4.69, 9.17) is 0 Å². The lowest BCUT2D eigenvalue weighted by atomic mass is 10.0. The number of unbranched alkanes of at least 4 members (excludes halogenated alkanes) is 1. The maximum atomic E-state index is 12.9. The summed E-state index contributed by atoms with van der Waals surface area (Å²) < 4.78 is 0. The van der Waals surface area contributed by atoms with E-state index < -0.39 is 0 Å². The van der Waals surface area contributed by atoms with Crippen molar-refractivity contribution in [2.45, 2.75) is 32.2 Å². The predicted molar refractivity (Wildman–Crippen MR) is 101 cm³/mol. The molecule has 25 heavy (non-hydrogen) atoms. The van der Waals surface area contributed by atoms with E-state index in [1.165, 1.54) is 0 Å². The number of nitrogens with one attached hydrogen (secondary N) is 1. The van der Waals surface area contributed by atoms with Crippen molar-refractivity contribution < 1.29 is 9.59 Å². The molecule has 0 radical (unpaired) electrons. The molecule has 1 N–H and O–H groups in total. The third-order valence-corrected chi connectivity index (χ3v) is 4.84. The summed E-state index contributed by atoms with van der Waals surface area (Å²) in [5, 5.41) is 5.10. The second-order valence-electron chi connectivity index (χ2n) is 6.57. The first-order valence-electron chi connectivity index (χ1n) is 8.92. The first kappa shape index (κ1) is 17.3. The zero-order valence-corrected chi connectivity index (χ0v) is 14.9. The fourth-order valence-corrected chi connectivity index (χ4v) is 3.35. The van der Waals surface area contributed by atoms with Crippen molar-refractivity contribution in [3.63, 3.8) is 0 Å². The van der Waals surface area contributed by atoms with Crippen LogP contribution in [0.3, 0.4) is 0 Å². The zero-order valence-electron chi connectivity index (χ0n) is 14.9. The van der Waals surface area contributed by atoms with Crippen LogP contribution in [0.5, 0.6) is 0 Å². The molecule has 1 heterocycles. The van der Waals surface area contributed by atoms with E-state index in [9.17, 15) is 9.59 Å². The molecule has 3 rings (SSSR count). The Morgan fingerprint density at radius 1 is 1.16 bits per heavy atom. The molecular weight excluding hydrogens is 314 g/mol. The van der Waals surface area contributed by atoms with Crippen LogP contribution in [-0.2, 0) is 4.79 Å². The highest BCUT2D eigenvalue weighted by molar-refractivity contribution is 6.02. The summed E-state index contributed by atoms with van der Waals surface area (Å²) in [6, 6.07) is 13.3. The Bertz CT molecular complexity index is 769. The average Bonchev–Trinajstić information content (AvgIpc) is 2.63. The van der Waals surface area contributed by atoms with Gasteiger partial charge in [0.25, 0.3) is 0 Å². The maximum absolute atomic E-state index is 12.9. The highest BCUT2D eigenvalue weighted by Gasteiger charge is 2.35. The number of anilines is 1. The third-order valence-electron chi connectivity index (χ3n) is 4.84. The van der Waals surface area contributed by atoms with E-state index in [2.05, 4.69) is 12.2 Å². The number of rotatable bonds is 4. The fourth-order valence-electron chi connectivity index (χ4n) is 3.35. The molecule has 0 unspecified atom stereocenters. The molecule has 132 valence electrons. The fraction of sp³-hybridized carbons (Fsp3) is 0.400. The topological polar surface area (TPSA) is 52.7 Å². The monoisotopic (exact) mass is 339 g/mol. The number of likely N-dealkylation sites (N-methyl/N-ethyl adjacent to an activating group) is 1. The summed E-state index contributed by atoms with van der Waals surface area (Å²) in [6.07, 6.45) is 2.65. The van der Waals surface area contributed by atoms with Gasteiger partial charge in [-0.15, -0.1) is 0 Å². The van der Waals surface area contributed by atoms with Gasteiger partial charge in [-0.05, 0) is 17.9 Å². The van der Waals surface area contributed by atoms with Crippen LogP contribution in [0.2, 0.25) is 0 Å². The Labute approximate surface area is 148 Å². The van der Waals surface area contributed by atoms with Crippen molar-refractivity contribution in [3.05, 3.63) is 42.5 Å². The molecule has 2 aromatic rings. The third kappa shape index (κ3) is 3.60. The van der Waals surface area contributed by atoms with E-state index >= 15 is 0 Å². The summed E-state index contributed by atoms with van der Waals surface area (Å²) >= 11 is 0. The molecule has 0 saturated carbocycles. The molecule has 0 spiro atoms. The first-order chi connectivity index (χ1) is 12.1. The lowest BCUT2D eigenvalue weighted by Crippen LogP contribution is -2.58. The summed E-state index contributed by atoms with van der Waals surface area (Å²) in [6.45, 7) is 3.23. The number of carbonyl (C=O) groups is 2. The van der Waals surface area contributed by atoms with E-state index in [1.54, 1.807) is 16.8 Å². The van der Waals surface area contributed by atoms with Crippen LogP contribution in [0, 0.1) is 0 Å². The van der Waals surface area contributed by atoms with Crippen molar-refractivity contribution in [2.24, 2.45) is 0 Å². The van der Waals surface area contributed by atoms with Crippen molar-refractivity contribution in [1.29, 1.82) is 0 Å². The van der Waals surface area contributed by atoms with Crippen LogP contribution in [0.1, 0.15) is 26.2 Å². The van der Waals surface area contributed by atoms with Gasteiger partial charge in [0.05, 0.1) is 5.69 Å². The lowest BCUT2D eigenvalue weighted by Gasteiger charge is -2.39. The molecule has 0 bridgehead atoms. The van der Waals surface area contributed by atoms with Gasteiger partial charge in [0.2, 0.25) is 5.91 Å². The van der Waals surface area contributed by atoms with Crippen molar-refractivity contribution in [2.75, 3.05) is 25.5 Å². The van der Waals surface area contributed by atoms with Crippen LogP contribution in [0.4, 0.5) is 10.5 Å². The minimum Gasteiger partial charge on any atom is -0.342 e. The molecule has 5 heteroatoms. The number of hydrogen-bond acceptors (Lipinski definition) is 2. The predicted octanol–water partition coefficient (Wildman–Crippen LogP) is 3.70. The van der Waals surface area contributed by atoms with Crippen molar-refractivity contribution in [3.8, 4) is 0 Å². The summed E-state index contributed by atoms with van der Waals surface area (Å²) in [7, 11) is 1.81. The molecule has 1 fully saturated rings. The van der Waals surface area contributed by atoms with E-state index in [0.717, 1.165) is 29.3 Å². The molecule has 3 amide bonds. The van der Waals surface area contributed by atoms with E-state index in [1.807, 2.05) is 42.5 Å². The number of benzene rings is 2.